The van der Waals surface area contributed by atoms with Crippen molar-refractivity contribution in [3.63, 3.8) is 0 Å². The van der Waals surface area contributed by atoms with Crippen LogP contribution in [0.5, 0.6) is 0 Å². The normalized spacial score (nSPS) is 17.7. The highest BCUT2D eigenvalue weighted by molar-refractivity contribution is 6.35. The molecule has 41 heavy (non-hydrogen) atoms. The fraction of sp³-hybridized carbons (Fsp3) is 0.433. The summed E-state index contributed by atoms with van der Waals surface area (Å²) < 4.78 is 27.7. The van der Waals surface area contributed by atoms with Gasteiger partial charge in [-0.15, -0.1) is 5.53 Å². The Morgan fingerprint density at radius 3 is 2.63 bits per heavy atom. The van der Waals surface area contributed by atoms with Crippen molar-refractivity contribution in [2.24, 2.45) is 10.4 Å². The van der Waals surface area contributed by atoms with Crippen molar-refractivity contribution in [1.82, 2.24) is 21.0 Å². The first-order valence-electron chi connectivity index (χ1n) is 13.5. The Morgan fingerprint density at radius 1 is 1.34 bits per heavy atom. The zero-order valence-corrected chi connectivity index (χ0v) is 25.0. The van der Waals surface area contributed by atoms with Gasteiger partial charge in [-0.3, -0.25) is 15.0 Å². The van der Waals surface area contributed by atoms with Crippen LogP contribution in [-0.2, 0) is 0 Å². The fourth-order valence-electron chi connectivity index (χ4n) is 4.51. The second-order valence-electron chi connectivity index (χ2n) is 11.8. The first-order valence-corrected chi connectivity index (χ1v) is 13.9. The van der Waals surface area contributed by atoms with Gasteiger partial charge in [0, 0.05) is 41.4 Å². The monoisotopic (exact) mass is 582 g/mol. The molecule has 1 aliphatic heterocycles. The molecule has 1 saturated carbocycles. The van der Waals surface area contributed by atoms with E-state index in [0.29, 0.717) is 69.2 Å². The number of hydrogen-bond acceptors (Lipinski definition) is 8. The lowest BCUT2D eigenvalue weighted by molar-refractivity contribution is 0.00912. The van der Waals surface area contributed by atoms with Crippen molar-refractivity contribution in [1.29, 1.82) is 5.26 Å². The van der Waals surface area contributed by atoms with Crippen molar-refractivity contribution in [3.8, 4) is 6.07 Å². The Kier molecular flexibility index (Phi) is 8.62. The number of fused-ring (bicyclic) bond motifs is 1. The number of benzene rings is 1. The van der Waals surface area contributed by atoms with Gasteiger partial charge in [-0.2, -0.15) is 5.26 Å². The van der Waals surface area contributed by atoms with Crippen molar-refractivity contribution >= 4 is 39.6 Å². The molecule has 1 aliphatic carbocycles. The number of nitrogens with one attached hydrogen (secondary N) is 4. The molecule has 0 saturated heterocycles. The topological polar surface area (TPSA) is 100 Å². The van der Waals surface area contributed by atoms with Crippen LogP contribution in [0.15, 0.2) is 59.1 Å². The molecule has 4 rings (SSSR count). The number of hydrogen-bond donors (Lipinski definition) is 4. The Labute approximate surface area is 245 Å². The predicted octanol–water partition coefficient (Wildman–Crippen LogP) is 6.90. The number of anilines is 2. The summed E-state index contributed by atoms with van der Waals surface area (Å²) in [6.45, 7) is 16.9. The summed E-state index contributed by atoms with van der Waals surface area (Å²) in [4.78, 5) is 9.08. The van der Waals surface area contributed by atoms with Crippen LogP contribution in [0.4, 0.5) is 20.2 Å². The van der Waals surface area contributed by atoms with Gasteiger partial charge in [0.1, 0.15) is 11.6 Å². The maximum atomic E-state index is 13.9. The van der Waals surface area contributed by atoms with Gasteiger partial charge in [-0.1, -0.05) is 45.0 Å². The van der Waals surface area contributed by atoms with Gasteiger partial charge in [0.15, 0.2) is 0 Å². The van der Waals surface area contributed by atoms with Gasteiger partial charge in [0.2, 0.25) is 0 Å². The molecule has 8 nitrogen and oxygen atoms in total. The zero-order valence-electron chi connectivity index (χ0n) is 24.3. The van der Waals surface area contributed by atoms with E-state index in [-0.39, 0.29) is 5.41 Å². The molecular formula is C30H37ClF2N8. The smallest absolute Gasteiger partial charge is 0.262 e. The average molecular weight is 583 g/mol. The van der Waals surface area contributed by atoms with Gasteiger partial charge in [-0.25, -0.2) is 8.78 Å². The number of pyridine rings is 1. The molecule has 0 amide bonds. The minimum absolute atomic E-state index is 0.0383. The lowest BCUT2D eigenvalue weighted by Gasteiger charge is -2.25. The fourth-order valence-corrected chi connectivity index (χ4v) is 4.78. The van der Waals surface area contributed by atoms with Crippen molar-refractivity contribution in [2.45, 2.75) is 72.4 Å². The molecule has 4 N–H and O–H groups in total. The standard InChI is InChI=1S/C30H37ClF2N8/c1-8-17(2)37-19(4)18(3)25(24-15-41(40-39-24)30(9-10-30)28(32)33)38-21-11-22-26(36-16-29(5,6)7)20(13-34)14-35-27(22)23(31)12-21/h8,11-12,14-15,25,28,38-40H,3,9-10,16H2,1-2,4-7H3,(H,35,36)/b17-8-,37-19?/t25-/m0/s1. The van der Waals surface area contributed by atoms with Gasteiger partial charge in [0.05, 0.1) is 33.5 Å². The van der Waals surface area contributed by atoms with Crippen molar-refractivity contribution in [3.05, 3.63) is 64.7 Å². The number of nitrogens with zero attached hydrogens (tertiary/aromatic N) is 4. The number of alkyl halides is 2. The predicted molar refractivity (Wildman–Crippen MR) is 163 cm³/mol. The summed E-state index contributed by atoms with van der Waals surface area (Å²) in [7, 11) is 0. The molecule has 1 fully saturated rings. The summed E-state index contributed by atoms with van der Waals surface area (Å²) in [6.07, 6.45) is 3.35. The maximum Gasteiger partial charge on any atom is 0.262 e. The minimum atomic E-state index is -2.50. The molecule has 2 aromatic rings. The Hall–Kier alpha value is -3.68. The van der Waals surface area contributed by atoms with Crippen molar-refractivity contribution < 1.29 is 8.78 Å². The molecule has 0 radical (unpaired) electrons. The van der Waals surface area contributed by atoms with Crippen LogP contribution in [0.3, 0.4) is 0 Å². The van der Waals surface area contributed by atoms with Crippen LogP contribution in [0.2, 0.25) is 5.02 Å². The maximum absolute atomic E-state index is 13.9. The molecule has 0 unspecified atom stereocenters. The molecule has 0 spiro atoms. The number of nitriles is 1. The van der Waals surface area contributed by atoms with Gasteiger partial charge in [-0.05, 0) is 56.7 Å². The second kappa shape index (κ2) is 11.7. The largest absolute Gasteiger partial charge is 0.383 e. The van der Waals surface area contributed by atoms with E-state index in [0.717, 1.165) is 5.70 Å². The third-order valence-electron chi connectivity index (χ3n) is 7.27. The van der Waals surface area contributed by atoms with Gasteiger partial charge >= 0.3 is 0 Å². The second-order valence-corrected chi connectivity index (χ2v) is 12.2. The number of halogens is 3. The summed E-state index contributed by atoms with van der Waals surface area (Å²) in [6, 6.07) is 5.29. The molecule has 1 atom stereocenters. The highest BCUT2D eigenvalue weighted by Crippen LogP contribution is 2.47. The third-order valence-corrected chi connectivity index (χ3v) is 7.56. The van der Waals surface area contributed by atoms with Crippen LogP contribution < -0.4 is 21.6 Å². The van der Waals surface area contributed by atoms with E-state index in [9.17, 15) is 14.0 Å². The quantitative estimate of drug-likeness (QED) is 0.226. The van der Waals surface area contributed by atoms with Crippen LogP contribution in [0.1, 0.15) is 59.9 Å². The molecule has 2 heterocycles. The van der Waals surface area contributed by atoms with E-state index in [1.165, 1.54) is 11.2 Å². The summed E-state index contributed by atoms with van der Waals surface area (Å²) >= 11 is 6.72. The Morgan fingerprint density at radius 2 is 2.05 bits per heavy atom. The van der Waals surface area contributed by atoms with Crippen LogP contribution in [0.25, 0.3) is 10.9 Å². The third kappa shape index (κ3) is 6.47. The van der Waals surface area contributed by atoms with Crippen LogP contribution in [-0.4, -0.2) is 40.3 Å². The summed E-state index contributed by atoms with van der Waals surface area (Å²) in [5, 5.41) is 19.2. The highest BCUT2D eigenvalue weighted by atomic mass is 35.5. The number of aromatic nitrogens is 1. The highest BCUT2D eigenvalue weighted by Gasteiger charge is 2.56. The Balaban J connectivity index is 1.77. The Bertz CT molecular complexity index is 1480. The van der Waals surface area contributed by atoms with Gasteiger partial charge in [0.25, 0.3) is 6.43 Å². The number of aliphatic imine (C=N–C) groups is 1. The zero-order chi connectivity index (χ0) is 30.1. The van der Waals surface area contributed by atoms with Crippen LogP contribution >= 0.6 is 11.6 Å². The number of hydrazine groups is 2. The van der Waals surface area contributed by atoms with Crippen molar-refractivity contribution in [2.75, 3.05) is 17.2 Å². The van der Waals surface area contributed by atoms with E-state index in [4.69, 9.17) is 11.6 Å². The van der Waals surface area contributed by atoms with E-state index >= 15 is 0 Å². The minimum Gasteiger partial charge on any atom is -0.383 e. The SMILES string of the molecule is C=C(C(C)=N/C(C)=C\C)[C@H](Nc1cc(Cl)c2ncc(C#N)c(NCC(C)(C)C)c2c1)C1=CN(C2(C(F)F)CC2)NN1. The van der Waals surface area contributed by atoms with E-state index in [2.05, 4.69) is 65.0 Å². The molecular weight excluding hydrogens is 546 g/mol. The molecule has 1 aromatic carbocycles. The molecule has 1 aromatic heterocycles. The molecule has 11 heteroatoms. The molecule has 2 aliphatic rings. The van der Waals surface area contributed by atoms with E-state index < -0.39 is 18.0 Å². The molecule has 218 valence electrons. The first-order chi connectivity index (χ1) is 19.3. The first kappa shape index (κ1) is 30.3. The van der Waals surface area contributed by atoms with E-state index in [1.807, 2.05) is 32.9 Å². The summed E-state index contributed by atoms with van der Waals surface area (Å²) in [5.74, 6) is 0. The number of rotatable bonds is 10. The van der Waals surface area contributed by atoms with Gasteiger partial charge < -0.3 is 16.1 Å². The van der Waals surface area contributed by atoms with E-state index in [1.54, 1.807) is 12.3 Å². The lowest BCUT2D eigenvalue weighted by Crippen LogP contribution is -2.48. The molecule has 0 bridgehead atoms. The average Bonchev–Trinajstić information content (AvgIpc) is 3.59. The van der Waals surface area contributed by atoms with Crippen LogP contribution in [0, 0.1) is 16.7 Å². The number of allylic oxidation sites excluding steroid dienone is 2. The lowest BCUT2D eigenvalue weighted by atomic mass is 9.96. The summed E-state index contributed by atoms with van der Waals surface area (Å²) in [5.41, 5.74) is 9.67.